The molecule has 1 aliphatic carbocycles. The van der Waals surface area contributed by atoms with E-state index in [4.69, 9.17) is 5.11 Å². The maximum atomic E-state index is 12.5. The number of carboxylic acids is 1. The second kappa shape index (κ2) is 6.16. The number of benzene rings is 1. The molecule has 1 aliphatic rings. The highest BCUT2D eigenvalue weighted by Gasteiger charge is 2.36. The summed E-state index contributed by atoms with van der Waals surface area (Å²) in [6, 6.07) is 8.63. The van der Waals surface area contributed by atoms with Gasteiger partial charge in [0.1, 0.15) is 6.54 Å². The molecule has 21 heavy (non-hydrogen) atoms. The smallest absolute Gasteiger partial charge is 0.323 e. The number of hydrogen-bond donors (Lipinski definition) is 2. The summed E-state index contributed by atoms with van der Waals surface area (Å²) in [4.78, 5) is 24.8. The average Bonchev–Trinajstić information content (AvgIpc) is 2.76. The van der Waals surface area contributed by atoms with E-state index in [2.05, 4.69) is 19.2 Å². The highest BCUT2D eigenvalue weighted by Crippen LogP contribution is 2.37. The first-order chi connectivity index (χ1) is 9.90. The van der Waals surface area contributed by atoms with Crippen molar-refractivity contribution in [2.45, 2.75) is 39.2 Å². The van der Waals surface area contributed by atoms with E-state index in [1.165, 1.54) is 4.90 Å². The normalized spacial score (nSPS) is 20.0. The molecule has 2 N–H and O–H groups in total. The summed E-state index contributed by atoms with van der Waals surface area (Å²) < 4.78 is 0. The van der Waals surface area contributed by atoms with Gasteiger partial charge in [0.2, 0.25) is 0 Å². The van der Waals surface area contributed by atoms with Crippen molar-refractivity contribution in [2.75, 3.05) is 11.4 Å². The van der Waals surface area contributed by atoms with Crippen LogP contribution in [0.5, 0.6) is 0 Å². The lowest BCUT2D eigenvalue weighted by atomic mass is 9.87. The zero-order chi connectivity index (χ0) is 15.5. The fourth-order valence-electron chi connectivity index (χ4n) is 2.84. The fraction of sp³-hybridized carbons (Fsp3) is 0.500. The van der Waals surface area contributed by atoms with Crippen molar-refractivity contribution in [2.24, 2.45) is 5.41 Å². The van der Waals surface area contributed by atoms with Gasteiger partial charge in [-0.1, -0.05) is 38.5 Å². The van der Waals surface area contributed by atoms with Crippen LogP contribution < -0.4 is 10.2 Å². The SMILES string of the molecule is CC1(C)CCCC1NC(=O)N(CC(=O)O)c1ccccc1. The lowest BCUT2D eigenvalue weighted by Gasteiger charge is -2.30. The van der Waals surface area contributed by atoms with Gasteiger partial charge in [0.15, 0.2) is 0 Å². The Morgan fingerprint density at radius 1 is 1.33 bits per heavy atom. The number of rotatable bonds is 4. The predicted molar refractivity (Wildman–Crippen MR) is 81.4 cm³/mol. The number of anilines is 1. The molecule has 0 aliphatic heterocycles. The summed E-state index contributed by atoms with van der Waals surface area (Å²) >= 11 is 0. The third kappa shape index (κ3) is 3.74. The maximum absolute atomic E-state index is 12.5. The Morgan fingerprint density at radius 2 is 2.00 bits per heavy atom. The second-order valence-corrected chi connectivity index (χ2v) is 6.20. The summed E-state index contributed by atoms with van der Waals surface area (Å²) in [7, 11) is 0. The molecule has 1 saturated carbocycles. The molecule has 1 aromatic rings. The number of amides is 2. The Labute approximate surface area is 125 Å². The molecule has 5 nitrogen and oxygen atoms in total. The minimum atomic E-state index is -1.03. The topological polar surface area (TPSA) is 69.6 Å². The van der Waals surface area contributed by atoms with Gasteiger partial charge < -0.3 is 10.4 Å². The highest BCUT2D eigenvalue weighted by atomic mass is 16.4. The van der Waals surface area contributed by atoms with Crippen LogP contribution in [0.15, 0.2) is 30.3 Å². The molecule has 2 amide bonds. The molecule has 1 atom stereocenters. The number of nitrogens with zero attached hydrogens (tertiary/aromatic N) is 1. The van der Waals surface area contributed by atoms with Gasteiger partial charge in [-0.2, -0.15) is 0 Å². The molecule has 0 radical (unpaired) electrons. The Bertz CT molecular complexity index is 514. The molecular formula is C16H22N2O3. The van der Waals surface area contributed by atoms with E-state index in [0.29, 0.717) is 5.69 Å². The molecule has 1 fully saturated rings. The van der Waals surface area contributed by atoms with Crippen LogP contribution in [0.2, 0.25) is 0 Å². The van der Waals surface area contributed by atoms with Crippen LogP contribution in [0.3, 0.4) is 0 Å². The van der Waals surface area contributed by atoms with E-state index in [1.54, 1.807) is 24.3 Å². The quantitative estimate of drug-likeness (QED) is 0.895. The van der Waals surface area contributed by atoms with Crippen LogP contribution in [-0.2, 0) is 4.79 Å². The minimum absolute atomic E-state index is 0.0568. The molecule has 114 valence electrons. The van der Waals surface area contributed by atoms with Crippen molar-refractivity contribution in [3.63, 3.8) is 0 Å². The molecule has 0 saturated heterocycles. The summed E-state index contributed by atoms with van der Waals surface area (Å²) in [5.74, 6) is -1.03. The first-order valence-electron chi connectivity index (χ1n) is 7.25. The van der Waals surface area contributed by atoms with Crippen LogP contribution in [0, 0.1) is 5.41 Å². The number of carbonyl (C=O) groups excluding carboxylic acids is 1. The zero-order valence-corrected chi connectivity index (χ0v) is 12.5. The number of aliphatic carboxylic acids is 1. The molecule has 2 rings (SSSR count). The van der Waals surface area contributed by atoms with Crippen molar-refractivity contribution in [3.8, 4) is 0 Å². The van der Waals surface area contributed by atoms with Gasteiger partial charge in [0.25, 0.3) is 0 Å². The Hall–Kier alpha value is -2.04. The number of carbonyl (C=O) groups is 2. The van der Waals surface area contributed by atoms with Gasteiger partial charge in [-0.25, -0.2) is 4.79 Å². The first kappa shape index (κ1) is 15.4. The molecule has 0 aromatic heterocycles. The Morgan fingerprint density at radius 3 is 2.52 bits per heavy atom. The maximum Gasteiger partial charge on any atom is 0.323 e. The van der Waals surface area contributed by atoms with Crippen molar-refractivity contribution in [1.82, 2.24) is 5.32 Å². The van der Waals surface area contributed by atoms with Crippen LogP contribution in [-0.4, -0.2) is 29.7 Å². The van der Waals surface area contributed by atoms with E-state index in [-0.39, 0.29) is 24.0 Å². The van der Waals surface area contributed by atoms with E-state index in [9.17, 15) is 9.59 Å². The van der Waals surface area contributed by atoms with E-state index >= 15 is 0 Å². The van der Waals surface area contributed by atoms with Gasteiger partial charge >= 0.3 is 12.0 Å². The molecule has 1 aromatic carbocycles. The molecule has 0 heterocycles. The minimum Gasteiger partial charge on any atom is -0.480 e. The lowest BCUT2D eigenvalue weighted by molar-refractivity contribution is -0.135. The first-order valence-corrected chi connectivity index (χ1v) is 7.25. The monoisotopic (exact) mass is 290 g/mol. The third-order valence-corrected chi connectivity index (χ3v) is 4.16. The summed E-state index contributed by atoms with van der Waals surface area (Å²) in [6.07, 6.45) is 3.10. The zero-order valence-electron chi connectivity index (χ0n) is 12.5. The van der Waals surface area contributed by atoms with Gasteiger partial charge in [-0.05, 0) is 30.4 Å². The standard InChI is InChI=1S/C16H22N2O3/c1-16(2)10-6-9-13(16)17-15(21)18(11-14(19)20)12-7-4-3-5-8-12/h3-5,7-8,13H,6,9-11H2,1-2H3,(H,17,21)(H,19,20). The van der Waals surface area contributed by atoms with E-state index in [1.807, 2.05) is 6.07 Å². The third-order valence-electron chi connectivity index (χ3n) is 4.16. The van der Waals surface area contributed by atoms with Crippen molar-refractivity contribution >= 4 is 17.7 Å². The molecule has 1 unspecified atom stereocenters. The summed E-state index contributed by atoms with van der Waals surface area (Å²) in [5, 5.41) is 12.0. The van der Waals surface area contributed by atoms with Crippen molar-refractivity contribution in [3.05, 3.63) is 30.3 Å². The number of hydrogen-bond acceptors (Lipinski definition) is 2. The van der Waals surface area contributed by atoms with Crippen LogP contribution in [0.4, 0.5) is 10.5 Å². The molecule has 0 bridgehead atoms. The van der Waals surface area contributed by atoms with Gasteiger partial charge in [0, 0.05) is 11.7 Å². The van der Waals surface area contributed by atoms with Gasteiger partial charge in [-0.3, -0.25) is 9.69 Å². The van der Waals surface area contributed by atoms with Crippen molar-refractivity contribution < 1.29 is 14.7 Å². The lowest BCUT2D eigenvalue weighted by Crippen LogP contribution is -2.49. The van der Waals surface area contributed by atoms with E-state index in [0.717, 1.165) is 19.3 Å². The Kier molecular flexibility index (Phi) is 4.50. The largest absolute Gasteiger partial charge is 0.480 e. The number of carboxylic acid groups (broad SMARTS) is 1. The molecule has 5 heteroatoms. The van der Waals surface area contributed by atoms with E-state index < -0.39 is 5.97 Å². The average molecular weight is 290 g/mol. The summed E-state index contributed by atoms with van der Waals surface area (Å²) in [5.41, 5.74) is 0.648. The number of nitrogens with one attached hydrogen (secondary N) is 1. The van der Waals surface area contributed by atoms with Crippen LogP contribution in [0.25, 0.3) is 0 Å². The molecular weight excluding hydrogens is 268 g/mol. The fourth-order valence-corrected chi connectivity index (χ4v) is 2.84. The van der Waals surface area contributed by atoms with Crippen molar-refractivity contribution in [1.29, 1.82) is 0 Å². The van der Waals surface area contributed by atoms with Gasteiger partial charge in [0.05, 0.1) is 0 Å². The van der Waals surface area contributed by atoms with Crippen LogP contribution in [0.1, 0.15) is 33.1 Å². The number of para-hydroxylation sites is 1. The highest BCUT2D eigenvalue weighted by molar-refractivity contribution is 5.96. The van der Waals surface area contributed by atoms with Crippen LogP contribution >= 0.6 is 0 Å². The Balaban J connectivity index is 2.13. The number of urea groups is 1. The second-order valence-electron chi connectivity index (χ2n) is 6.20. The molecule has 0 spiro atoms. The predicted octanol–water partition coefficient (Wildman–Crippen LogP) is 2.87. The summed E-state index contributed by atoms with van der Waals surface area (Å²) in [6.45, 7) is 3.92. The van der Waals surface area contributed by atoms with Gasteiger partial charge in [-0.15, -0.1) is 0 Å².